The van der Waals surface area contributed by atoms with Crippen LogP contribution in [0.4, 0.5) is 13.2 Å². The van der Waals surface area contributed by atoms with Crippen molar-refractivity contribution in [3.63, 3.8) is 0 Å². The van der Waals surface area contributed by atoms with Gasteiger partial charge in [0, 0.05) is 32.2 Å². The monoisotopic (exact) mass is 358 g/mol. The van der Waals surface area contributed by atoms with Crippen molar-refractivity contribution < 1.29 is 27.5 Å². The molecule has 5 nitrogen and oxygen atoms in total. The van der Waals surface area contributed by atoms with Crippen molar-refractivity contribution >= 4 is 11.8 Å². The van der Waals surface area contributed by atoms with Crippen LogP contribution in [0.3, 0.4) is 0 Å². The van der Waals surface area contributed by atoms with E-state index in [-0.39, 0.29) is 37.5 Å². The van der Waals surface area contributed by atoms with E-state index in [0.29, 0.717) is 5.56 Å². The summed E-state index contributed by atoms with van der Waals surface area (Å²) >= 11 is 0. The minimum atomic E-state index is -4.51. The summed E-state index contributed by atoms with van der Waals surface area (Å²) in [6, 6.07) is 4.02. The van der Waals surface area contributed by atoms with E-state index in [1.165, 1.54) is 26.2 Å². The Morgan fingerprint density at radius 3 is 2.64 bits per heavy atom. The Bertz CT molecular complexity index is 634. The molecular formula is C17H21F3N2O3. The molecule has 0 aromatic heterocycles. The summed E-state index contributed by atoms with van der Waals surface area (Å²) in [6.07, 6.45) is -4.57. The van der Waals surface area contributed by atoms with Crippen LogP contribution in [0.5, 0.6) is 0 Å². The second-order valence-corrected chi connectivity index (χ2v) is 6.12. The molecule has 1 heterocycles. The van der Waals surface area contributed by atoms with Crippen molar-refractivity contribution in [1.82, 2.24) is 10.2 Å². The number of alkyl halides is 3. The van der Waals surface area contributed by atoms with E-state index >= 15 is 0 Å². The van der Waals surface area contributed by atoms with Gasteiger partial charge >= 0.3 is 6.18 Å². The van der Waals surface area contributed by atoms with Crippen LogP contribution in [0.15, 0.2) is 24.3 Å². The Labute approximate surface area is 144 Å². The summed E-state index contributed by atoms with van der Waals surface area (Å²) in [5.41, 5.74) is 0.875. The molecule has 1 N–H and O–H groups in total. The third-order valence-electron chi connectivity index (χ3n) is 4.11. The molecule has 1 aliphatic rings. The number of rotatable bonds is 4. The molecule has 25 heavy (non-hydrogen) atoms. The summed E-state index contributed by atoms with van der Waals surface area (Å²) < 4.78 is 45.1. The van der Waals surface area contributed by atoms with Crippen molar-refractivity contribution in [2.24, 2.45) is 0 Å². The maximum absolute atomic E-state index is 13.4. The Hall–Kier alpha value is -2.09. The maximum atomic E-state index is 13.4. The lowest BCUT2D eigenvalue weighted by Crippen LogP contribution is -2.58. The smallest absolute Gasteiger partial charge is 0.380 e. The molecule has 0 spiro atoms. The highest BCUT2D eigenvalue weighted by Gasteiger charge is 2.48. The van der Waals surface area contributed by atoms with Crippen molar-refractivity contribution in [3.8, 4) is 0 Å². The average Bonchev–Trinajstić information content (AvgIpc) is 2.53. The highest BCUT2D eigenvalue weighted by molar-refractivity contribution is 5.94. The van der Waals surface area contributed by atoms with Gasteiger partial charge in [-0.15, -0.1) is 0 Å². The fraction of sp³-hybridized carbons (Fsp3) is 0.529. The highest BCUT2D eigenvalue weighted by Crippen LogP contribution is 2.33. The standard InChI is InChI=1S/C17H21F3N2O3/c1-11(23)21-14-6-7-15(17(18,19)20)22(9-14)16(24)13-5-3-4-12(8-13)10-25-2/h3-5,8,14-15H,6-7,9-10H2,1-2H3,(H,21,23). The first-order valence-electron chi connectivity index (χ1n) is 7.95. The Morgan fingerprint density at radius 1 is 1.32 bits per heavy atom. The van der Waals surface area contributed by atoms with E-state index in [0.717, 1.165) is 4.90 Å². The molecule has 1 fully saturated rings. The number of hydrogen-bond acceptors (Lipinski definition) is 3. The molecule has 2 unspecified atom stereocenters. The molecule has 1 aromatic rings. The third-order valence-corrected chi connectivity index (χ3v) is 4.11. The molecule has 138 valence electrons. The first kappa shape index (κ1) is 19.2. The van der Waals surface area contributed by atoms with Gasteiger partial charge in [-0.25, -0.2) is 0 Å². The lowest BCUT2D eigenvalue weighted by molar-refractivity contribution is -0.184. The number of ether oxygens (including phenoxy) is 1. The number of benzene rings is 1. The number of nitrogens with one attached hydrogen (secondary N) is 1. The maximum Gasteiger partial charge on any atom is 0.408 e. The second kappa shape index (κ2) is 7.86. The number of piperidine rings is 1. The zero-order valence-corrected chi connectivity index (χ0v) is 14.1. The number of carbonyl (C=O) groups excluding carboxylic acids is 2. The summed E-state index contributed by atoms with van der Waals surface area (Å²) in [7, 11) is 1.50. The summed E-state index contributed by atoms with van der Waals surface area (Å²) in [6.45, 7) is 1.39. The van der Waals surface area contributed by atoms with Crippen LogP contribution in [0.25, 0.3) is 0 Å². The van der Waals surface area contributed by atoms with Gasteiger partial charge in [0.25, 0.3) is 5.91 Å². The van der Waals surface area contributed by atoms with E-state index < -0.39 is 24.2 Å². The molecule has 1 aliphatic heterocycles. The molecule has 1 aromatic carbocycles. The van der Waals surface area contributed by atoms with E-state index in [2.05, 4.69) is 5.32 Å². The van der Waals surface area contributed by atoms with Gasteiger partial charge in [0.15, 0.2) is 0 Å². The SMILES string of the molecule is COCc1cccc(C(=O)N2CC(NC(C)=O)CCC2C(F)(F)F)c1. The fourth-order valence-corrected chi connectivity index (χ4v) is 3.07. The molecular weight excluding hydrogens is 337 g/mol. The lowest BCUT2D eigenvalue weighted by atomic mass is 9.96. The van der Waals surface area contributed by atoms with Gasteiger partial charge in [-0.05, 0) is 30.5 Å². The normalized spacial score (nSPS) is 21.1. The summed E-state index contributed by atoms with van der Waals surface area (Å²) in [4.78, 5) is 24.7. The van der Waals surface area contributed by atoms with Crippen molar-refractivity contribution in [3.05, 3.63) is 35.4 Å². The number of likely N-dealkylation sites (tertiary alicyclic amines) is 1. The molecule has 0 bridgehead atoms. The van der Waals surface area contributed by atoms with E-state index in [1.807, 2.05) is 0 Å². The topological polar surface area (TPSA) is 58.6 Å². The van der Waals surface area contributed by atoms with Gasteiger partial charge in [0.05, 0.1) is 6.61 Å². The lowest BCUT2D eigenvalue weighted by Gasteiger charge is -2.40. The first-order chi connectivity index (χ1) is 11.7. The predicted molar refractivity (Wildman–Crippen MR) is 84.9 cm³/mol. The number of nitrogens with zero attached hydrogens (tertiary/aromatic N) is 1. The largest absolute Gasteiger partial charge is 0.408 e. The number of halogens is 3. The van der Waals surface area contributed by atoms with E-state index in [1.54, 1.807) is 12.1 Å². The second-order valence-electron chi connectivity index (χ2n) is 6.12. The van der Waals surface area contributed by atoms with Gasteiger partial charge < -0.3 is 15.0 Å². The van der Waals surface area contributed by atoms with Gasteiger partial charge in [0.1, 0.15) is 6.04 Å². The van der Waals surface area contributed by atoms with E-state index in [9.17, 15) is 22.8 Å². The molecule has 1 saturated heterocycles. The molecule has 2 amide bonds. The van der Waals surface area contributed by atoms with Crippen LogP contribution in [-0.4, -0.2) is 48.6 Å². The zero-order valence-electron chi connectivity index (χ0n) is 14.1. The number of hydrogen-bond donors (Lipinski definition) is 1. The molecule has 8 heteroatoms. The Morgan fingerprint density at radius 2 is 2.04 bits per heavy atom. The van der Waals surface area contributed by atoms with Crippen LogP contribution in [-0.2, 0) is 16.1 Å². The minimum absolute atomic E-state index is 0.170. The fourth-order valence-electron chi connectivity index (χ4n) is 3.07. The zero-order chi connectivity index (χ0) is 18.6. The summed E-state index contributed by atoms with van der Waals surface area (Å²) in [5.74, 6) is -1.03. The van der Waals surface area contributed by atoms with Gasteiger partial charge in [-0.2, -0.15) is 13.2 Å². The quantitative estimate of drug-likeness (QED) is 0.900. The van der Waals surface area contributed by atoms with Gasteiger partial charge in [-0.3, -0.25) is 9.59 Å². The first-order valence-corrected chi connectivity index (χ1v) is 7.95. The molecule has 2 atom stereocenters. The van der Waals surface area contributed by atoms with E-state index in [4.69, 9.17) is 4.74 Å². The molecule has 0 aliphatic carbocycles. The molecule has 0 radical (unpaired) electrons. The van der Waals surface area contributed by atoms with Crippen LogP contribution in [0.1, 0.15) is 35.7 Å². The Kier molecular flexibility index (Phi) is 6.05. The van der Waals surface area contributed by atoms with Crippen LogP contribution < -0.4 is 5.32 Å². The number of carbonyl (C=O) groups is 2. The molecule has 2 rings (SSSR count). The summed E-state index contributed by atoms with van der Waals surface area (Å²) in [5, 5.41) is 2.60. The molecule has 0 saturated carbocycles. The van der Waals surface area contributed by atoms with Crippen LogP contribution >= 0.6 is 0 Å². The van der Waals surface area contributed by atoms with Crippen molar-refractivity contribution in [1.29, 1.82) is 0 Å². The van der Waals surface area contributed by atoms with Crippen molar-refractivity contribution in [2.45, 2.75) is 44.6 Å². The van der Waals surface area contributed by atoms with Crippen LogP contribution in [0.2, 0.25) is 0 Å². The van der Waals surface area contributed by atoms with Gasteiger partial charge in [0.2, 0.25) is 5.91 Å². The van der Waals surface area contributed by atoms with Crippen LogP contribution in [0, 0.1) is 0 Å². The Balaban J connectivity index is 2.26. The van der Waals surface area contributed by atoms with Crippen molar-refractivity contribution in [2.75, 3.05) is 13.7 Å². The number of amides is 2. The third kappa shape index (κ3) is 4.94. The highest BCUT2D eigenvalue weighted by atomic mass is 19.4. The number of methoxy groups -OCH3 is 1. The minimum Gasteiger partial charge on any atom is -0.380 e. The predicted octanol–water partition coefficient (Wildman–Crippen LogP) is 2.50. The average molecular weight is 358 g/mol. The van der Waals surface area contributed by atoms with Gasteiger partial charge in [-0.1, -0.05) is 12.1 Å².